The molecule has 20 rings (SSSR count). The van der Waals surface area contributed by atoms with Gasteiger partial charge in [0.05, 0.1) is 5.41 Å². The average molecular weight is 1450 g/mol. The molecule has 5 nitrogen and oxygen atoms in total. The van der Waals surface area contributed by atoms with Gasteiger partial charge in [0.25, 0.3) is 0 Å². The zero-order valence-electron chi connectivity index (χ0n) is 68.6. The van der Waals surface area contributed by atoms with Gasteiger partial charge in [0.2, 0.25) is 28.5 Å². The number of pyridine rings is 5. The monoisotopic (exact) mass is 1450 g/mol. The summed E-state index contributed by atoms with van der Waals surface area (Å²) < 4.78 is 11.9. The molecule has 5 aromatic heterocycles. The number of nitrogens with zero attached hydrogens (tertiary/aromatic N) is 5. The number of aromatic nitrogens is 5. The summed E-state index contributed by atoms with van der Waals surface area (Å²) >= 11 is 0. The molecule has 5 aromatic carbocycles. The molecule has 109 heavy (non-hydrogen) atoms. The van der Waals surface area contributed by atoms with Crippen LogP contribution in [0.5, 0.6) is 0 Å². The largest absolute Gasteiger partial charge is 0.216 e. The molecule has 0 amide bonds. The summed E-state index contributed by atoms with van der Waals surface area (Å²) in [6, 6.07) is 58.5. The van der Waals surface area contributed by atoms with Crippen molar-refractivity contribution in [2.24, 2.45) is 46.1 Å². The molecule has 0 unspecified atom stereocenters. The SMILES string of the molecule is Cc1ccccc1-c1c2c(cc[n+]1C)C1(CCCC1)CCC2.Cc1ccccc1-c1c2c(cc[n+]1C)CC1(CCCC1)CC2.Cc1ccccc1-c1c2c(cc[n+]1C)CCC1(CCCC1)C2.Cc1ccccc1-c1c2c(cc[n+]1C)CCCC21CCCC1.Cc1ccccc1-c1ccc2c([n+]1C)C1(CCCC1)CC2. The first-order chi connectivity index (χ1) is 53.0. The fourth-order valence-electron chi connectivity index (χ4n) is 24.3. The fraction of sp³-hybridized carbons (Fsp3) is 0.471. The molecule has 5 heteroatoms. The molecule has 0 N–H and O–H groups in total. The van der Waals surface area contributed by atoms with Crippen molar-refractivity contribution >= 4 is 0 Å². The maximum atomic E-state index is 2.51. The van der Waals surface area contributed by atoms with Crippen molar-refractivity contribution in [1.82, 2.24) is 0 Å². The van der Waals surface area contributed by atoms with E-state index in [0.717, 1.165) is 0 Å². The molecular weight excluding hydrogens is 1320 g/mol. The van der Waals surface area contributed by atoms with E-state index in [9.17, 15) is 0 Å². The highest BCUT2D eigenvalue weighted by atomic mass is 15.0. The topological polar surface area (TPSA) is 19.4 Å². The van der Waals surface area contributed by atoms with Crippen LogP contribution in [0.1, 0.15) is 257 Å². The van der Waals surface area contributed by atoms with E-state index in [4.69, 9.17) is 0 Å². The molecule has 0 saturated heterocycles. The third-order valence-electron chi connectivity index (χ3n) is 30.0. The first-order valence-electron chi connectivity index (χ1n) is 43.4. The lowest BCUT2D eigenvalue weighted by molar-refractivity contribution is -0.671. The van der Waals surface area contributed by atoms with Crippen molar-refractivity contribution in [2.45, 2.75) is 269 Å². The molecule has 0 atom stereocenters. The van der Waals surface area contributed by atoms with Crippen molar-refractivity contribution in [3.8, 4) is 56.3 Å². The quantitative estimate of drug-likeness (QED) is 0.153. The first kappa shape index (κ1) is 74.9. The van der Waals surface area contributed by atoms with E-state index in [1.54, 1.807) is 55.8 Å². The van der Waals surface area contributed by atoms with Gasteiger partial charge in [-0.1, -0.05) is 155 Å². The van der Waals surface area contributed by atoms with Gasteiger partial charge in [0.15, 0.2) is 30.5 Å². The number of rotatable bonds is 5. The molecule has 10 aromatic rings. The zero-order valence-corrected chi connectivity index (χ0v) is 68.6. The Bertz CT molecular complexity index is 4970. The van der Waals surface area contributed by atoms with E-state index in [2.05, 4.69) is 275 Å². The third kappa shape index (κ3) is 14.5. The Morgan fingerprint density at radius 2 is 0.642 bits per heavy atom. The van der Waals surface area contributed by atoms with Crippen LogP contribution in [-0.2, 0) is 96.4 Å². The highest BCUT2D eigenvalue weighted by Gasteiger charge is 2.49. The summed E-state index contributed by atoms with van der Waals surface area (Å²) in [6.07, 6.45) is 56.1. The third-order valence-corrected chi connectivity index (χ3v) is 30.0. The van der Waals surface area contributed by atoms with Crippen LogP contribution in [0, 0.1) is 45.4 Å². The summed E-state index contributed by atoms with van der Waals surface area (Å²) in [5.41, 5.74) is 40.2. The van der Waals surface area contributed by atoms with Crippen LogP contribution in [0.25, 0.3) is 56.3 Å². The van der Waals surface area contributed by atoms with E-state index in [1.807, 2.05) is 0 Å². The minimum atomic E-state index is 0.463. The standard InChI is InChI=1S/4C21H26N.C20H24N/c1-16-8-3-4-10-18(16)20-19-17(11-15-22(20)2)9-7-14-21(19)12-5-6-13-21;1-16-8-3-4-9-17(16)20-18-10-7-14-21(12-5-6-13-21)19(18)11-15-22(20)2;1-16-7-3-4-8-18(16)20-19-9-13-21(11-5-6-12-21)15-17(19)10-14-22(20)2;1-16-7-3-4-8-18(16)20-19-15-21(11-5-6-12-21)13-9-17(19)10-14-22(20)2;1-15-7-3-4-8-17(15)18-10-9-16-11-14-20(12-5-6-13-20)19(16)21(18)2/h3-4,8,10-11,15H,5-7,9,12-14H2,1-2H3;3-4,8-9,11,15H,5-7,10,12-14H2,1-2H3;2*3-4,7-8,10,14H,5-6,9,11-13,15H2,1-2H3;3-4,7-10H,5-6,11-14H2,1-2H3/q5*+1. The normalized spacial score (nSPS) is 19.3. The Balaban J connectivity index is 0.000000104. The smallest absolute Gasteiger partial charge is 0.201 e. The van der Waals surface area contributed by atoms with Crippen LogP contribution in [0.3, 0.4) is 0 Å². The average Bonchev–Trinajstić information content (AvgIpc) is 1.52. The van der Waals surface area contributed by atoms with Crippen molar-refractivity contribution in [3.05, 3.63) is 266 Å². The van der Waals surface area contributed by atoms with Crippen molar-refractivity contribution in [2.75, 3.05) is 0 Å². The summed E-state index contributed by atoms with van der Waals surface area (Å²) in [7, 11) is 11.1. The van der Waals surface area contributed by atoms with E-state index < -0.39 is 0 Å². The van der Waals surface area contributed by atoms with Gasteiger partial charge in [0, 0.05) is 91.4 Å². The summed E-state index contributed by atoms with van der Waals surface area (Å²) in [5, 5.41) is 0. The van der Waals surface area contributed by atoms with Gasteiger partial charge >= 0.3 is 0 Å². The van der Waals surface area contributed by atoms with E-state index >= 15 is 0 Å². The molecule has 5 heterocycles. The van der Waals surface area contributed by atoms with Gasteiger partial charge < -0.3 is 0 Å². The maximum absolute atomic E-state index is 2.51. The van der Waals surface area contributed by atoms with Gasteiger partial charge in [-0.25, -0.2) is 18.3 Å². The van der Waals surface area contributed by atoms with Crippen LogP contribution in [0.2, 0.25) is 0 Å². The lowest BCUT2D eigenvalue weighted by atomic mass is 9.67. The summed E-state index contributed by atoms with van der Waals surface area (Å²) in [4.78, 5) is 0. The van der Waals surface area contributed by atoms with Gasteiger partial charge in [-0.05, 0) is 291 Å². The Morgan fingerprint density at radius 3 is 1.18 bits per heavy atom. The number of aryl methyl sites for hydroxylation is 12. The van der Waals surface area contributed by atoms with Crippen molar-refractivity contribution < 1.29 is 22.8 Å². The highest BCUT2D eigenvalue weighted by Crippen LogP contribution is 2.55. The van der Waals surface area contributed by atoms with Gasteiger partial charge in [-0.15, -0.1) is 0 Å². The second-order valence-electron chi connectivity index (χ2n) is 36.6. The highest BCUT2D eigenvalue weighted by molar-refractivity contribution is 5.70. The molecule has 10 aliphatic rings. The predicted molar refractivity (Wildman–Crippen MR) is 449 cm³/mol. The molecule has 10 aliphatic carbocycles. The van der Waals surface area contributed by atoms with E-state index in [-0.39, 0.29) is 0 Å². The Labute approximate surface area is 656 Å². The fourth-order valence-corrected chi connectivity index (χ4v) is 24.3. The number of benzene rings is 5. The van der Waals surface area contributed by atoms with Crippen molar-refractivity contribution in [1.29, 1.82) is 0 Å². The zero-order chi connectivity index (χ0) is 75.1. The predicted octanol–water partition coefficient (Wildman–Crippen LogP) is 22.6. The second kappa shape index (κ2) is 31.6. The summed E-state index contributed by atoms with van der Waals surface area (Å²) in [5.74, 6) is 0. The van der Waals surface area contributed by atoms with Crippen molar-refractivity contribution in [3.63, 3.8) is 0 Å². The van der Waals surface area contributed by atoms with Gasteiger partial charge in [0.1, 0.15) is 35.2 Å². The minimum Gasteiger partial charge on any atom is -0.201 e. The Kier molecular flexibility index (Phi) is 21.7. The second-order valence-corrected chi connectivity index (χ2v) is 36.6. The molecule has 5 spiro atoms. The first-order valence-corrected chi connectivity index (χ1v) is 43.4. The van der Waals surface area contributed by atoms with Crippen LogP contribution in [0.4, 0.5) is 0 Å². The number of hydrogen-bond donors (Lipinski definition) is 0. The summed E-state index contributed by atoms with van der Waals surface area (Å²) in [6.45, 7) is 11.2. The molecular formula is C104H128N5+5. The molecule has 5 fully saturated rings. The van der Waals surface area contributed by atoms with Crippen LogP contribution in [-0.4, -0.2) is 0 Å². The Hall–Kier alpha value is -8.15. The lowest BCUT2D eigenvalue weighted by Crippen LogP contribution is -2.42. The maximum Gasteiger partial charge on any atom is 0.216 e. The molecule has 5 saturated carbocycles. The van der Waals surface area contributed by atoms with E-state index in [0.29, 0.717) is 27.1 Å². The molecule has 0 radical (unpaired) electrons. The van der Waals surface area contributed by atoms with Crippen LogP contribution < -0.4 is 22.8 Å². The number of hydrogen-bond acceptors (Lipinski definition) is 0. The minimum absolute atomic E-state index is 0.463. The van der Waals surface area contributed by atoms with Gasteiger partial charge in [-0.2, -0.15) is 4.57 Å². The van der Waals surface area contributed by atoms with Crippen LogP contribution >= 0.6 is 0 Å². The lowest BCUT2D eigenvalue weighted by Gasteiger charge is -2.36. The molecule has 564 valence electrons. The van der Waals surface area contributed by atoms with Crippen LogP contribution in [0.15, 0.2) is 183 Å². The Morgan fingerprint density at radius 1 is 0.257 bits per heavy atom. The molecule has 0 bridgehead atoms. The molecule has 0 aliphatic heterocycles. The van der Waals surface area contributed by atoms with E-state index in [1.165, 1.54) is 302 Å². The number of fused-ring (bicyclic) bond motifs is 8. The van der Waals surface area contributed by atoms with Gasteiger partial charge in [-0.3, -0.25) is 0 Å².